The zero-order valence-corrected chi connectivity index (χ0v) is 11.6. The molecule has 0 aliphatic heterocycles. The lowest BCUT2D eigenvalue weighted by molar-refractivity contribution is -0.137. The first kappa shape index (κ1) is 16.3. The van der Waals surface area contributed by atoms with E-state index < -0.39 is 17.3 Å². The van der Waals surface area contributed by atoms with Gasteiger partial charge in [-0.2, -0.15) is 18.4 Å². The van der Waals surface area contributed by atoms with Crippen molar-refractivity contribution in [1.82, 2.24) is 0 Å². The van der Waals surface area contributed by atoms with Crippen molar-refractivity contribution in [1.29, 1.82) is 5.26 Å². The minimum absolute atomic E-state index is 0.309. The Morgan fingerprint density at radius 3 is 2.45 bits per heavy atom. The van der Waals surface area contributed by atoms with Crippen LogP contribution in [-0.2, 0) is 10.9 Å². The van der Waals surface area contributed by atoms with Crippen LogP contribution in [0.4, 0.5) is 18.9 Å². The van der Waals surface area contributed by atoms with Gasteiger partial charge in [-0.05, 0) is 39.0 Å². The molecule has 0 aliphatic rings. The van der Waals surface area contributed by atoms with Gasteiger partial charge in [-0.3, -0.25) is 0 Å². The highest BCUT2D eigenvalue weighted by molar-refractivity contribution is 5.53. The molecule has 1 rings (SSSR count). The maximum Gasteiger partial charge on any atom is 0.417 e. The SMILES string of the molecule is CCOC(C)(C)CNc1ccc(C#N)c(C(F)(F)F)c1. The first-order valence-corrected chi connectivity index (χ1v) is 6.19. The molecule has 1 aromatic rings. The number of anilines is 1. The first-order chi connectivity index (χ1) is 9.19. The summed E-state index contributed by atoms with van der Waals surface area (Å²) in [7, 11) is 0. The highest BCUT2D eigenvalue weighted by Crippen LogP contribution is 2.33. The molecule has 1 N–H and O–H groups in total. The molecule has 0 bridgehead atoms. The Morgan fingerprint density at radius 1 is 1.30 bits per heavy atom. The van der Waals surface area contributed by atoms with Crippen LogP contribution in [0.1, 0.15) is 31.9 Å². The van der Waals surface area contributed by atoms with Crippen LogP contribution < -0.4 is 5.32 Å². The summed E-state index contributed by atoms with van der Waals surface area (Å²) in [6.45, 7) is 6.43. The van der Waals surface area contributed by atoms with E-state index in [1.165, 1.54) is 12.1 Å². The zero-order chi connectivity index (χ0) is 15.4. The van der Waals surface area contributed by atoms with Gasteiger partial charge < -0.3 is 10.1 Å². The largest absolute Gasteiger partial charge is 0.417 e. The second-order valence-electron chi connectivity index (χ2n) is 4.92. The molecule has 110 valence electrons. The number of nitrogens with one attached hydrogen (secondary N) is 1. The third kappa shape index (κ3) is 4.42. The first-order valence-electron chi connectivity index (χ1n) is 6.19. The fourth-order valence-electron chi connectivity index (χ4n) is 1.74. The lowest BCUT2D eigenvalue weighted by atomic mass is 10.1. The van der Waals surface area contributed by atoms with E-state index >= 15 is 0 Å². The van der Waals surface area contributed by atoms with Gasteiger partial charge in [0.15, 0.2) is 0 Å². The van der Waals surface area contributed by atoms with Crippen LogP contribution in [0.5, 0.6) is 0 Å². The van der Waals surface area contributed by atoms with Gasteiger partial charge in [0.25, 0.3) is 0 Å². The normalized spacial score (nSPS) is 12.1. The van der Waals surface area contributed by atoms with Crippen LogP contribution in [-0.4, -0.2) is 18.8 Å². The molecule has 0 saturated heterocycles. The second-order valence-corrected chi connectivity index (χ2v) is 4.92. The summed E-state index contributed by atoms with van der Waals surface area (Å²) in [5, 5.41) is 11.6. The van der Waals surface area contributed by atoms with E-state index in [1.807, 2.05) is 20.8 Å². The average Bonchev–Trinajstić information content (AvgIpc) is 2.35. The van der Waals surface area contributed by atoms with E-state index in [1.54, 1.807) is 6.07 Å². The molecule has 0 unspecified atom stereocenters. The van der Waals surface area contributed by atoms with Crippen molar-refractivity contribution in [3.63, 3.8) is 0 Å². The Bertz CT molecular complexity index is 504. The minimum Gasteiger partial charge on any atom is -0.382 e. The highest BCUT2D eigenvalue weighted by Gasteiger charge is 2.33. The maximum absolute atomic E-state index is 12.8. The van der Waals surface area contributed by atoms with E-state index in [-0.39, 0.29) is 5.56 Å². The number of rotatable bonds is 5. The number of hydrogen-bond donors (Lipinski definition) is 1. The molecule has 0 aliphatic carbocycles. The number of ether oxygens (including phenoxy) is 1. The second kappa shape index (κ2) is 6.14. The Kier molecular flexibility index (Phi) is 5.01. The zero-order valence-electron chi connectivity index (χ0n) is 11.6. The van der Waals surface area contributed by atoms with Crippen molar-refractivity contribution in [2.24, 2.45) is 0 Å². The predicted molar refractivity (Wildman–Crippen MR) is 70.4 cm³/mol. The van der Waals surface area contributed by atoms with Gasteiger partial charge in [0.2, 0.25) is 0 Å². The molecule has 1 aromatic carbocycles. The molecule has 3 nitrogen and oxygen atoms in total. The molecule has 0 atom stereocenters. The fourth-order valence-corrected chi connectivity index (χ4v) is 1.74. The molecule has 0 spiro atoms. The van der Waals surface area contributed by atoms with Crippen LogP contribution in [0, 0.1) is 11.3 Å². The van der Waals surface area contributed by atoms with E-state index in [0.29, 0.717) is 18.8 Å². The van der Waals surface area contributed by atoms with Crippen LogP contribution in [0.25, 0.3) is 0 Å². The van der Waals surface area contributed by atoms with Crippen LogP contribution in [0.3, 0.4) is 0 Å². The lowest BCUT2D eigenvalue weighted by Gasteiger charge is -2.25. The number of halogens is 3. The summed E-state index contributed by atoms with van der Waals surface area (Å²) in [5.74, 6) is 0. The summed E-state index contributed by atoms with van der Waals surface area (Å²) < 4.78 is 43.9. The summed E-state index contributed by atoms with van der Waals surface area (Å²) in [6.07, 6.45) is -4.54. The van der Waals surface area contributed by atoms with Gasteiger partial charge in [-0.15, -0.1) is 0 Å². The quantitative estimate of drug-likeness (QED) is 0.895. The van der Waals surface area contributed by atoms with Gasteiger partial charge in [0.05, 0.1) is 22.8 Å². The van der Waals surface area contributed by atoms with Crippen molar-refractivity contribution in [2.45, 2.75) is 32.5 Å². The van der Waals surface area contributed by atoms with Crippen molar-refractivity contribution in [3.05, 3.63) is 29.3 Å². The summed E-state index contributed by atoms with van der Waals surface area (Å²) >= 11 is 0. The lowest BCUT2D eigenvalue weighted by Crippen LogP contribution is -2.33. The molecule has 0 radical (unpaired) electrons. The summed E-state index contributed by atoms with van der Waals surface area (Å²) in [5.41, 5.74) is -1.49. The molecule has 0 amide bonds. The summed E-state index contributed by atoms with van der Waals surface area (Å²) in [6, 6.07) is 5.11. The Hall–Kier alpha value is -1.74. The number of hydrogen-bond acceptors (Lipinski definition) is 3. The molecular weight excluding hydrogens is 269 g/mol. The van der Waals surface area contributed by atoms with Crippen molar-refractivity contribution >= 4 is 5.69 Å². The molecule has 20 heavy (non-hydrogen) atoms. The molecule has 0 saturated carbocycles. The third-order valence-corrected chi connectivity index (χ3v) is 2.70. The van der Waals surface area contributed by atoms with Gasteiger partial charge in [-0.25, -0.2) is 0 Å². The van der Waals surface area contributed by atoms with Gasteiger partial charge in [-0.1, -0.05) is 0 Å². The highest BCUT2D eigenvalue weighted by atomic mass is 19.4. The topological polar surface area (TPSA) is 45.0 Å². The number of alkyl halides is 3. The molecule has 6 heteroatoms. The van der Waals surface area contributed by atoms with Crippen LogP contribution in [0.15, 0.2) is 18.2 Å². The van der Waals surface area contributed by atoms with Gasteiger partial charge in [0.1, 0.15) is 0 Å². The van der Waals surface area contributed by atoms with E-state index in [0.717, 1.165) is 6.07 Å². The molecule has 0 heterocycles. The Balaban J connectivity index is 2.92. The summed E-state index contributed by atoms with van der Waals surface area (Å²) in [4.78, 5) is 0. The van der Waals surface area contributed by atoms with Crippen molar-refractivity contribution < 1.29 is 17.9 Å². The Labute approximate surface area is 116 Å². The van der Waals surface area contributed by atoms with Gasteiger partial charge >= 0.3 is 6.18 Å². The smallest absolute Gasteiger partial charge is 0.382 e. The molecule has 0 aromatic heterocycles. The minimum atomic E-state index is -4.54. The van der Waals surface area contributed by atoms with E-state index in [2.05, 4.69) is 5.32 Å². The average molecular weight is 286 g/mol. The van der Waals surface area contributed by atoms with Crippen LogP contribution in [0.2, 0.25) is 0 Å². The molecular formula is C14H17F3N2O. The van der Waals surface area contributed by atoms with Crippen LogP contribution >= 0.6 is 0 Å². The monoisotopic (exact) mass is 286 g/mol. The van der Waals surface area contributed by atoms with Gasteiger partial charge in [0, 0.05) is 18.8 Å². The Morgan fingerprint density at radius 2 is 1.95 bits per heavy atom. The van der Waals surface area contributed by atoms with Crippen molar-refractivity contribution in [2.75, 3.05) is 18.5 Å². The van der Waals surface area contributed by atoms with E-state index in [9.17, 15) is 13.2 Å². The maximum atomic E-state index is 12.8. The number of benzene rings is 1. The number of nitriles is 1. The standard InChI is InChI=1S/C14H17F3N2O/c1-4-20-13(2,3)9-19-11-6-5-10(8-18)12(7-11)14(15,16)17/h5-7,19H,4,9H2,1-3H3. The fraction of sp³-hybridized carbons (Fsp3) is 0.500. The third-order valence-electron chi connectivity index (χ3n) is 2.70. The van der Waals surface area contributed by atoms with Crippen molar-refractivity contribution in [3.8, 4) is 6.07 Å². The number of nitrogens with zero attached hydrogens (tertiary/aromatic N) is 1. The molecule has 0 fully saturated rings. The predicted octanol–water partition coefficient (Wildman–Crippen LogP) is 3.80. The van der Waals surface area contributed by atoms with E-state index in [4.69, 9.17) is 10.00 Å².